The van der Waals surface area contributed by atoms with Crippen LogP contribution in [0.2, 0.25) is 5.02 Å². The molecule has 3 fully saturated rings. The van der Waals surface area contributed by atoms with E-state index in [9.17, 15) is 24.6 Å². The molecule has 2 bridgehead atoms. The number of carbonyl (C=O) groups is 3. The molecule has 2 aromatic carbocycles. The summed E-state index contributed by atoms with van der Waals surface area (Å²) in [7, 11) is 0. The molecule has 3 aliphatic rings. The molecule has 3 heterocycles. The van der Waals surface area contributed by atoms with Crippen molar-refractivity contribution in [2.45, 2.75) is 50.0 Å². The van der Waals surface area contributed by atoms with Crippen LogP contribution in [0.4, 0.5) is 5.69 Å². The molecule has 3 saturated heterocycles. The van der Waals surface area contributed by atoms with E-state index in [0.717, 1.165) is 5.56 Å². The highest BCUT2D eigenvalue weighted by Gasteiger charge is 2.80. The monoisotopic (exact) mass is 552 g/mol. The Labute approximate surface area is 232 Å². The maximum atomic E-state index is 14.6. The van der Waals surface area contributed by atoms with E-state index in [1.165, 1.54) is 9.80 Å². The molecule has 9 heteroatoms. The Morgan fingerprint density at radius 3 is 2.49 bits per heavy atom. The van der Waals surface area contributed by atoms with Gasteiger partial charge in [0.25, 0.3) is 5.91 Å². The van der Waals surface area contributed by atoms with E-state index in [1.54, 1.807) is 37.3 Å². The van der Waals surface area contributed by atoms with E-state index in [-0.39, 0.29) is 12.5 Å². The highest BCUT2D eigenvalue weighted by Crippen LogP contribution is 2.65. The Morgan fingerprint density at radius 1 is 1.23 bits per heavy atom. The zero-order valence-corrected chi connectivity index (χ0v) is 22.8. The van der Waals surface area contributed by atoms with Gasteiger partial charge in [-0.2, -0.15) is 0 Å². The van der Waals surface area contributed by atoms with Gasteiger partial charge in [0, 0.05) is 17.3 Å². The maximum absolute atomic E-state index is 14.6. The third kappa shape index (κ3) is 4.17. The molecule has 5 rings (SSSR count). The number of benzene rings is 2. The van der Waals surface area contributed by atoms with E-state index in [0.29, 0.717) is 23.6 Å². The number of nitrogens with zero attached hydrogens (tertiary/aromatic N) is 2. The summed E-state index contributed by atoms with van der Waals surface area (Å²) in [6.07, 6.45) is 2.23. The van der Waals surface area contributed by atoms with Crippen molar-refractivity contribution in [1.29, 1.82) is 0 Å². The summed E-state index contributed by atoms with van der Waals surface area (Å²) in [5.41, 5.74) is -1.01. The van der Waals surface area contributed by atoms with E-state index in [1.807, 2.05) is 37.3 Å². The lowest BCUT2D eigenvalue weighted by Crippen LogP contribution is -2.59. The number of carboxylic acid groups (broad SMARTS) is 1. The second-order valence-electron chi connectivity index (χ2n) is 11.0. The number of anilines is 1. The minimum Gasteiger partial charge on any atom is -0.481 e. The molecule has 7 atom stereocenters. The molecule has 8 nitrogen and oxygen atoms in total. The number of fused-ring (bicyclic) bond motifs is 1. The number of carbonyl (C=O) groups excluding carboxylic acids is 2. The number of ether oxygens (including phenoxy) is 1. The van der Waals surface area contributed by atoms with Crippen LogP contribution in [0.3, 0.4) is 0 Å². The Morgan fingerprint density at radius 2 is 1.90 bits per heavy atom. The fourth-order valence-electron chi connectivity index (χ4n) is 7.08. The van der Waals surface area contributed by atoms with Crippen molar-refractivity contribution in [2.75, 3.05) is 18.1 Å². The summed E-state index contributed by atoms with van der Waals surface area (Å²) in [4.78, 5) is 44.4. The number of hydrogen-bond donors (Lipinski definition) is 2. The van der Waals surface area contributed by atoms with Crippen molar-refractivity contribution in [3.8, 4) is 0 Å². The van der Waals surface area contributed by atoms with Gasteiger partial charge in [0.15, 0.2) is 0 Å². The summed E-state index contributed by atoms with van der Waals surface area (Å²) in [6, 6.07) is 14.3. The SMILES string of the molecule is C=CCN(C(=O)C1N([C@@H](CO)Cc2ccccc2)C(=O)[C@@H]2[C@H](C(=O)O)[C@@]3(C)OC12CC3C)c1ccc(Cl)cc1. The summed E-state index contributed by atoms with van der Waals surface area (Å²) in [5.74, 6) is -4.38. The van der Waals surface area contributed by atoms with Gasteiger partial charge < -0.3 is 24.7 Å². The standard InChI is InChI=1S/C30H33ClN2O6/c1-4-14-32(21-12-10-20(31)11-13-21)27(36)25-30-16-18(2)29(3,39-30)24(28(37)38)23(30)26(35)33(25)22(17-34)15-19-8-6-5-7-9-19/h4-13,18,22-25,34H,1,14-17H2,2-3H3,(H,37,38)/t18?,22-,23+,24-,25?,29+,30?/m1/s1. The molecule has 0 saturated carbocycles. The first-order valence-corrected chi connectivity index (χ1v) is 13.5. The number of rotatable bonds is 9. The van der Waals surface area contributed by atoms with E-state index in [4.69, 9.17) is 16.3 Å². The Kier molecular flexibility index (Phi) is 7.07. The number of likely N-dealkylation sites (tertiary alicyclic amines) is 1. The van der Waals surface area contributed by atoms with Crippen LogP contribution in [-0.4, -0.2) is 69.3 Å². The second-order valence-corrected chi connectivity index (χ2v) is 11.5. The van der Waals surface area contributed by atoms with E-state index >= 15 is 0 Å². The van der Waals surface area contributed by atoms with Gasteiger partial charge in [-0.1, -0.05) is 54.9 Å². The number of carboxylic acids is 1. The van der Waals surface area contributed by atoms with Crippen molar-refractivity contribution < 1.29 is 29.3 Å². The van der Waals surface area contributed by atoms with Crippen LogP contribution in [0.25, 0.3) is 0 Å². The molecule has 3 unspecified atom stereocenters. The number of aliphatic carboxylic acids is 1. The first-order valence-electron chi connectivity index (χ1n) is 13.2. The van der Waals surface area contributed by atoms with Gasteiger partial charge in [0.2, 0.25) is 5.91 Å². The molecule has 2 aromatic rings. The predicted octanol–water partition coefficient (Wildman–Crippen LogP) is 3.56. The van der Waals surface area contributed by atoms with Crippen LogP contribution in [0.15, 0.2) is 67.3 Å². The summed E-state index contributed by atoms with van der Waals surface area (Å²) in [6.45, 7) is 7.20. The number of aliphatic hydroxyl groups excluding tert-OH is 1. The molecule has 2 amide bonds. The van der Waals surface area contributed by atoms with Crippen molar-refractivity contribution in [2.24, 2.45) is 17.8 Å². The topological polar surface area (TPSA) is 107 Å². The van der Waals surface area contributed by atoms with Crippen LogP contribution in [-0.2, 0) is 25.5 Å². The van der Waals surface area contributed by atoms with Crippen molar-refractivity contribution >= 4 is 35.1 Å². The third-order valence-corrected chi connectivity index (χ3v) is 9.14. The lowest BCUT2D eigenvalue weighted by molar-refractivity contribution is -0.157. The summed E-state index contributed by atoms with van der Waals surface area (Å²) < 4.78 is 6.60. The van der Waals surface area contributed by atoms with Gasteiger partial charge in [-0.25, -0.2) is 0 Å². The van der Waals surface area contributed by atoms with E-state index < -0.39 is 59.5 Å². The molecule has 0 aromatic heterocycles. The summed E-state index contributed by atoms with van der Waals surface area (Å²) >= 11 is 6.10. The quantitative estimate of drug-likeness (QED) is 0.461. The zero-order valence-electron chi connectivity index (χ0n) is 22.0. The molecular formula is C30H33ClN2O6. The van der Waals surface area contributed by atoms with Gasteiger partial charge in [-0.15, -0.1) is 6.58 Å². The lowest BCUT2D eigenvalue weighted by Gasteiger charge is -2.39. The predicted molar refractivity (Wildman–Crippen MR) is 146 cm³/mol. The smallest absolute Gasteiger partial charge is 0.310 e. The van der Waals surface area contributed by atoms with Gasteiger partial charge in [0.05, 0.1) is 24.2 Å². The molecule has 0 radical (unpaired) electrons. The second kappa shape index (κ2) is 10.1. The van der Waals surface area contributed by atoms with Crippen LogP contribution < -0.4 is 4.90 Å². The molecule has 206 valence electrons. The molecular weight excluding hydrogens is 520 g/mol. The highest BCUT2D eigenvalue weighted by molar-refractivity contribution is 6.30. The van der Waals surface area contributed by atoms with E-state index in [2.05, 4.69) is 6.58 Å². The molecule has 2 N–H and O–H groups in total. The Hall–Kier alpha value is -3.20. The van der Waals surface area contributed by atoms with Gasteiger partial charge in [-0.05, 0) is 55.5 Å². The zero-order chi connectivity index (χ0) is 28.1. The van der Waals surface area contributed by atoms with Crippen molar-refractivity contribution in [3.63, 3.8) is 0 Å². The first-order chi connectivity index (χ1) is 18.6. The average molecular weight is 553 g/mol. The van der Waals surface area contributed by atoms with Gasteiger partial charge in [0.1, 0.15) is 17.6 Å². The molecule has 3 aliphatic heterocycles. The number of halogens is 1. The lowest BCUT2D eigenvalue weighted by atomic mass is 9.62. The van der Waals surface area contributed by atoms with Crippen molar-refractivity contribution in [3.05, 3.63) is 77.8 Å². The fourth-order valence-corrected chi connectivity index (χ4v) is 7.21. The summed E-state index contributed by atoms with van der Waals surface area (Å²) in [5, 5.41) is 21.4. The Balaban J connectivity index is 1.65. The fraction of sp³-hybridized carbons (Fsp3) is 0.433. The first kappa shape index (κ1) is 27.4. The van der Waals surface area contributed by atoms with Crippen LogP contribution in [0, 0.1) is 17.8 Å². The minimum absolute atomic E-state index is 0.150. The third-order valence-electron chi connectivity index (χ3n) is 8.89. The van der Waals surface area contributed by atoms with Crippen LogP contribution >= 0.6 is 11.6 Å². The normalized spacial score (nSPS) is 31.7. The molecule has 0 aliphatic carbocycles. The number of hydrogen-bond acceptors (Lipinski definition) is 5. The minimum atomic E-state index is -1.35. The number of amides is 2. The Bertz CT molecular complexity index is 1290. The molecule has 39 heavy (non-hydrogen) atoms. The van der Waals surface area contributed by atoms with Gasteiger partial charge in [-0.3, -0.25) is 14.4 Å². The highest BCUT2D eigenvalue weighted by atomic mass is 35.5. The van der Waals surface area contributed by atoms with Crippen molar-refractivity contribution in [1.82, 2.24) is 4.90 Å². The maximum Gasteiger partial charge on any atom is 0.310 e. The largest absolute Gasteiger partial charge is 0.481 e. The van der Waals surface area contributed by atoms with Crippen LogP contribution in [0.1, 0.15) is 25.8 Å². The van der Waals surface area contributed by atoms with Crippen LogP contribution in [0.5, 0.6) is 0 Å². The van der Waals surface area contributed by atoms with Gasteiger partial charge >= 0.3 is 5.97 Å². The average Bonchev–Trinajstić information content (AvgIpc) is 3.43. The molecule has 1 spiro atoms. The number of aliphatic hydroxyl groups is 1.